The van der Waals surface area contributed by atoms with Crippen molar-refractivity contribution >= 4 is 17.9 Å². The Morgan fingerprint density at radius 2 is 1.70 bits per heavy atom. The van der Waals surface area contributed by atoms with Gasteiger partial charge in [0.05, 0.1) is 7.11 Å². The Morgan fingerprint density at radius 1 is 1.10 bits per heavy atom. The van der Waals surface area contributed by atoms with Crippen molar-refractivity contribution in [2.45, 2.75) is 57.9 Å². The smallest absolute Gasteiger partial charge is 0.244 e. The summed E-state index contributed by atoms with van der Waals surface area (Å²) in [5.41, 5.74) is 1.24. The molecule has 0 aromatic heterocycles. The van der Waals surface area contributed by atoms with Crippen LogP contribution < -0.4 is 15.4 Å². The molecule has 4 saturated carbocycles. The molecule has 4 fully saturated rings. The van der Waals surface area contributed by atoms with E-state index in [1.54, 1.807) is 13.2 Å². The van der Waals surface area contributed by atoms with E-state index >= 15 is 0 Å². The van der Waals surface area contributed by atoms with Crippen molar-refractivity contribution in [2.75, 3.05) is 13.7 Å². The van der Waals surface area contributed by atoms with Crippen LogP contribution in [0.1, 0.15) is 57.4 Å². The van der Waals surface area contributed by atoms with Crippen molar-refractivity contribution < 1.29 is 14.3 Å². The van der Waals surface area contributed by atoms with E-state index in [1.165, 1.54) is 44.6 Å². The van der Waals surface area contributed by atoms with E-state index in [2.05, 4.69) is 17.6 Å². The lowest BCUT2D eigenvalue weighted by Gasteiger charge is -2.59. The van der Waals surface area contributed by atoms with E-state index in [0.717, 1.165) is 29.1 Å². The van der Waals surface area contributed by atoms with Crippen molar-refractivity contribution in [3.8, 4) is 5.75 Å². The van der Waals surface area contributed by atoms with Gasteiger partial charge in [0.15, 0.2) is 0 Å². The summed E-state index contributed by atoms with van der Waals surface area (Å²) in [5, 5.41) is 6.06. The first kappa shape index (κ1) is 21.0. The van der Waals surface area contributed by atoms with E-state index in [0.29, 0.717) is 18.4 Å². The van der Waals surface area contributed by atoms with E-state index in [4.69, 9.17) is 4.74 Å². The zero-order chi connectivity index (χ0) is 21.1. The molecule has 162 valence electrons. The summed E-state index contributed by atoms with van der Waals surface area (Å²) in [6.07, 6.45) is 11.7. The second kappa shape index (κ2) is 8.83. The number of rotatable bonds is 8. The molecule has 0 spiro atoms. The SMILES string of the molecule is COc1ccc(/C=C/C(=O)NCCC(=O)N[C@@H](C)C23CC4CC(CC(C4)C2)C3)cc1. The molecule has 0 aliphatic heterocycles. The molecule has 5 nitrogen and oxygen atoms in total. The second-order valence-corrected chi connectivity index (χ2v) is 9.72. The molecule has 30 heavy (non-hydrogen) atoms. The number of benzene rings is 1. The molecule has 0 unspecified atom stereocenters. The van der Waals surface area contributed by atoms with Gasteiger partial charge in [-0.3, -0.25) is 9.59 Å². The first-order chi connectivity index (χ1) is 14.5. The van der Waals surface area contributed by atoms with Gasteiger partial charge in [-0.05, 0) is 92.4 Å². The first-order valence-electron chi connectivity index (χ1n) is 11.3. The third-order valence-electron chi connectivity index (χ3n) is 7.58. The molecule has 0 saturated heterocycles. The molecule has 4 aliphatic carbocycles. The number of nitrogens with one attached hydrogen (secondary N) is 2. The van der Waals surface area contributed by atoms with Crippen LogP contribution in [0.15, 0.2) is 30.3 Å². The molecule has 5 rings (SSSR count). The number of amides is 2. The highest BCUT2D eigenvalue weighted by molar-refractivity contribution is 5.92. The summed E-state index contributed by atoms with van der Waals surface area (Å²) < 4.78 is 5.12. The van der Waals surface area contributed by atoms with Gasteiger partial charge in [0.25, 0.3) is 0 Å². The summed E-state index contributed by atoms with van der Waals surface area (Å²) in [4.78, 5) is 24.5. The molecule has 2 N–H and O–H groups in total. The number of carbonyl (C=O) groups excluding carboxylic acids is 2. The van der Waals surface area contributed by atoms with Gasteiger partial charge < -0.3 is 15.4 Å². The maximum Gasteiger partial charge on any atom is 0.244 e. The monoisotopic (exact) mass is 410 g/mol. The van der Waals surface area contributed by atoms with Crippen LogP contribution in [0.4, 0.5) is 0 Å². The summed E-state index contributed by atoms with van der Waals surface area (Å²) in [6.45, 7) is 2.55. The highest BCUT2D eigenvalue weighted by Crippen LogP contribution is 2.61. The van der Waals surface area contributed by atoms with Crippen molar-refractivity contribution in [3.63, 3.8) is 0 Å². The summed E-state index contributed by atoms with van der Waals surface area (Å²) in [6, 6.07) is 7.72. The molecule has 4 bridgehead atoms. The number of hydrogen-bond donors (Lipinski definition) is 2. The summed E-state index contributed by atoms with van der Waals surface area (Å²) >= 11 is 0. The van der Waals surface area contributed by atoms with Crippen molar-refractivity contribution in [2.24, 2.45) is 23.2 Å². The standard InChI is InChI=1S/C25H34N2O3/c1-17(25-14-19-11-20(15-25)13-21(12-19)16-25)27-24(29)9-10-26-23(28)8-5-18-3-6-22(30-2)7-4-18/h3-8,17,19-21H,9-16H2,1-2H3,(H,26,28)(H,27,29)/b8-5+/t17-,19?,20?,21?,25?/m0/s1. The van der Waals surface area contributed by atoms with Crippen LogP contribution in [0.5, 0.6) is 5.75 Å². The minimum absolute atomic E-state index is 0.0395. The fourth-order valence-corrected chi connectivity index (χ4v) is 6.42. The lowest BCUT2D eigenvalue weighted by Crippen LogP contribution is -2.56. The molecule has 1 atom stereocenters. The zero-order valence-corrected chi connectivity index (χ0v) is 18.2. The maximum absolute atomic E-state index is 12.5. The quantitative estimate of drug-likeness (QED) is 0.638. The molecular formula is C25H34N2O3. The van der Waals surface area contributed by atoms with Gasteiger partial charge in [0, 0.05) is 25.1 Å². The van der Waals surface area contributed by atoms with Crippen molar-refractivity contribution in [1.82, 2.24) is 10.6 Å². The molecule has 2 amide bonds. The molecule has 1 aromatic carbocycles. The normalized spacial score (nSPS) is 30.3. The maximum atomic E-state index is 12.5. The van der Waals surface area contributed by atoms with Crippen LogP contribution in [-0.2, 0) is 9.59 Å². The van der Waals surface area contributed by atoms with E-state index in [1.807, 2.05) is 24.3 Å². The molecule has 1 aromatic rings. The van der Waals surface area contributed by atoms with Crippen LogP contribution >= 0.6 is 0 Å². The van der Waals surface area contributed by atoms with Crippen LogP contribution in [0, 0.1) is 23.2 Å². The fourth-order valence-electron chi connectivity index (χ4n) is 6.42. The van der Waals surface area contributed by atoms with Gasteiger partial charge >= 0.3 is 0 Å². The second-order valence-electron chi connectivity index (χ2n) is 9.72. The Hall–Kier alpha value is -2.30. The lowest BCUT2D eigenvalue weighted by atomic mass is 9.48. The van der Waals surface area contributed by atoms with Gasteiger partial charge in [0.1, 0.15) is 5.75 Å². The molecule has 0 heterocycles. The van der Waals surface area contributed by atoms with E-state index in [9.17, 15) is 9.59 Å². The average molecular weight is 411 g/mol. The third kappa shape index (κ3) is 4.71. The number of hydrogen-bond acceptors (Lipinski definition) is 3. The van der Waals surface area contributed by atoms with Crippen LogP contribution in [0.25, 0.3) is 6.08 Å². The summed E-state index contributed by atoms with van der Waals surface area (Å²) in [5.74, 6) is 3.28. The largest absolute Gasteiger partial charge is 0.497 e. The average Bonchev–Trinajstić information content (AvgIpc) is 2.71. The van der Waals surface area contributed by atoms with Crippen LogP contribution in [0.3, 0.4) is 0 Å². The van der Waals surface area contributed by atoms with Gasteiger partial charge in [-0.1, -0.05) is 12.1 Å². The van der Waals surface area contributed by atoms with Crippen molar-refractivity contribution in [1.29, 1.82) is 0 Å². The predicted molar refractivity (Wildman–Crippen MR) is 118 cm³/mol. The molecule has 5 heteroatoms. The number of carbonyl (C=O) groups is 2. The minimum atomic E-state index is -0.187. The van der Waals surface area contributed by atoms with E-state index < -0.39 is 0 Å². The van der Waals surface area contributed by atoms with Gasteiger partial charge in [-0.2, -0.15) is 0 Å². The number of ether oxygens (including phenoxy) is 1. The predicted octanol–water partition coefficient (Wildman–Crippen LogP) is 3.94. The Bertz CT molecular complexity index is 764. The lowest BCUT2D eigenvalue weighted by molar-refractivity contribution is -0.125. The first-order valence-corrected chi connectivity index (χ1v) is 11.3. The topological polar surface area (TPSA) is 67.4 Å². The van der Waals surface area contributed by atoms with Crippen LogP contribution in [-0.4, -0.2) is 31.5 Å². The Morgan fingerprint density at radius 3 is 2.27 bits per heavy atom. The Labute approximate surface area is 179 Å². The molecular weight excluding hydrogens is 376 g/mol. The highest BCUT2D eigenvalue weighted by Gasteiger charge is 2.53. The third-order valence-corrected chi connectivity index (χ3v) is 7.58. The summed E-state index contributed by atoms with van der Waals surface area (Å²) in [7, 11) is 1.62. The van der Waals surface area contributed by atoms with Crippen molar-refractivity contribution in [3.05, 3.63) is 35.9 Å². The Kier molecular flexibility index (Phi) is 6.16. The van der Waals surface area contributed by atoms with Gasteiger partial charge in [-0.25, -0.2) is 0 Å². The van der Waals surface area contributed by atoms with E-state index in [-0.39, 0.29) is 17.9 Å². The minimum Gasteiger partial charge on any atom is -0.497 e. The van der Waals surface area contributed by atoms with Gasteiger partial charge in [-0.15, -0.1) is 0 Å². The fraction of sp³-hybridized carbons (Fsp3) is 0.600. The Balaban J connectivity index is 1.19. The van der Waals surface area contributed by atoms with Crippen LogP contribution in [0.2, 0.25) is 0 Å². The molecule has 0 radical (unpaired) electrons. The molecule has 4 aliphatic rings. The zero-order valence-electron chi connectivity index (χ0n) is 18.2. The van der Waals surface area contributed by atoms with Gasteiger partial charge in [0.2, 0.25) is 11.8 Å². The number of methoxy groups -OCH3 is 1. The highest BCUT2D eigenvalue weighted by atomic mass is 16.5.